The first-order valence-corrected chi connectivity index (χ1v) is 6.62. The number of rotatable bonds is 6. The van der Waals surface area contributed by atoms with Crippen molar-refractivity contribution < 1.29 is 5.21 Å². The SMILES string of the molecule is CN(CCC(C)(C)C(N)=NO)CC1CCCC1. The van der Waals surface area contributed by atoms with E-state index in [1.807, 2.05) is 13.8 Å². The van der Waals surface area contributed by atoms with Gasteiger partial charge in [0.2, 0.25) is 0 Å². The molecule has 1 aliphatic rings. The summed E-state index contributed by atoms with van der Waals surface area (Å²) in [5.41, 5.74) is 5.46. The van der Waals surface area contributed by atoms with E-state index in [0.29, 0.717) is 5.84 Å². The van der Waals surface area contributed by atoms with E-state index in [-0.39, 0.29) is 5.41 Å². The van der Waals surface area contributed by atoms with Crippen LogP contribution in [0.1, 0.15) is 46.0 Å². The van der Waals surface area contributed by atoms with Crippen molar-refractivity contribution in [1.82, 2.24) is 4.90 Å². The van der Waals surface area contributed by atoms with E-state index in [2.05, 4.69) is 17.1 Å². The minimum atomic E-state index is -0.224. The summed E-state index contributed by atoms with van der Waals surface area (Å²) in [6.45, 7) is 6.23. The summed E-state index contributed by atoms with van der Waals surface area (Å²) in [7, 11) is 2.17. The molecule has 3 N–H and O–H groups in total. The Bertz CT molecular complexity index is 257. The highest BCUT2D eigenvalue weighted by Gasteiger charge is 2.24. The topological polar surface area (TPSA) is 61.8 Å². The van der Waals surface area contributed by atoms with Gasteiger partial charge in [0, 0.05) is 12.0 Å². The second-order valence-electron chi connectivity index (χ2n) is 6.03. The average Bonchev–Trinajstić information content (AvgIpc) is 2.78. The maximum absolute atomic E-state index is 8.71. The molecule has 0 aromatic carbocycles. The summed E-state index contributed by atoms with van der Waals surface area (Å²) in [5, 5.41) is 11.8. The Labute approximate surface area is 105 Å². The Balaban J connectivity index is 2.29. The molecule has 1 rings (SSSR count). The van der Waals surface area contributed by atoms with E-state index >= 15 is 0 Å². The molecule has 100 valence electrons. The van der Waals surface area contributed by atoms with E-state index in [0.717, 1.165) is 18.9 Å². The highest BCUT2D eigenvalue weighted by atomic mass is 16.4. The molecule has 0 spiro atoms. The van der Waals surface area contributed by atoms with Crippen LogP contribution in [0.5, 0.6) is 0 Å². The van der Waals surface area contributed by atoms with Gasteiger partial charge in [-0.1, -0.05) is 31.8 Å². The van der Waals surface area contributed by atoms with Crippen LogP contribution in [0.3, 0.4) is 0 Å². The number of oxime groups is 1. The van der Waals surface area contributed by atoms with E-state index < -0.39 is 0 Å². The molecule has 0 aromatic heterocycles. The van der Waals surface area contributed by atoms with Gasteiger partial charge in [-0.2, -0.15) is 0 Å². The van der Waals surface area contributed by atoms with Crippen LogP contribution < -0.4 is 5.73 Å². The van der Waals surface area contributed by atoms with Crippen molar-refractivity contribution in [2.45, 2.75) is 46.0 Å². The van der Waals surface area contributed by atoms with Crippen LogP contribution in [-0.4, -0.2) is 36.1 Å². The van der Waals surface area contributed by atoms with Crippen molar-refractivity contribution in [2.24, 2.45) is 22.2 Å². The van der Waals surface area contributed by atoms with Crippen molar-refractivity contribution in [3.63, 3.8) is 0 Å². The van der Waals surface area contributed by atoms with E-state index in [4.69, 9.17) is 10.9 Å². The van der Waals surface area contributed by atoms with Crippen molar-refractivity contribution in [3.05, 3.63) is 0 Å². The van der Waals surface area contributed by atoms with Crippen molar-refractivity contribution in [1.29, 1.82) is 0 Å². The second-order valence-corrected chi connectivity index (χ2v) is 6.03. The van der Waals surface area contributed by atoms with Crippen LogP contribution in [0.2, 0.25) is 0 Å². The predicted molar refractivity (Wildman–Crippen MR) is 71.3 cm³/mol. The zero-order chi connectivity index (χ0) is 12.9. The van der Waals surface area contributed by atoms with Gasteiger partial charge in [0.25, 0.3) is 0 Å². The zero-order valence-electron chi connectivity index (χ0n) is 11.4. The molecule has 0 heterocycles. The summed E-state index contributed by atoms with van der Waals surface area (Å²) in [5.74, 6) is 1.21. The maximum atomic E-state index is 8.71. The van der Waals surface area contributed by atoms with Crippen LogP contribution in [0, 0.1) is 11.3 Å². The first-order chi connectivity index (χ1) is 7.95. The van der Waals surface area contributed by atoms with Gasteiger partial charge in [-0.25, -0.2) is 0 Å². The first-order valence-electron chi connectivity index (χ1n) is 6.62. The molecule has 1 saturated carbocycles. The van der Waals surface area contributed by atoms with Gasteiger partial charge in [-0.3, -0.25) is 0 Å². The fraction of sp³-hybridized carbons (Fsp3) is 0.923. The predicted octanol–water partition coefficient (Wildman–Crippen LogP) is 2.27. The molecule has 1 fully saturated rings. The Morgan fingerprint density at radius 3 is 2.53 bits per heavy atom. The molecule has 17 heavy (non-hydrogen) atoms. The summed E-state index contributed by atoms with van der Waals surface area (Å²) >= 11 is 0. The fourth-order valence-electron chi connectivity index (χ4n) is 2.46. The van der Waals surface area contributed by atoms with Crippen LogP contribution in [0.4, 0.5) is 0 Å². The molecular formula is C13H27N3O. The average molecular weight is 241 g/mol. The maximum Gasteiger partial charge on any atom is 0.144 e. The molecular weight excluding hydrogens is 214 g/mol. The van der Waals surface area contributed by atoms with Gasteiger partial charge < -0.3 is 15.8 Å². The Hall–Kier alpha value is -0.770. The third kappa shape index (κ3) is 4.54. The van der Waals surface area contributed by atoms with Crippen LogP contribution in [0.15, 0.2) is 5.16 Å². The lowest BCUT2D eigenvalue weighted by atomic mass is 9.88. The standard InChI is InChI=1S/C13H27N3O/c1-13(2,12(14)15-17)8-9-16(3)10-11-6-4-5-7-11/h11,17H,4-10H2,1-3H3,(H2,14,15). The van der Waals surface area contributed by atoms with E-state index in [1.165, 1.54) is 32.2 Å². The second kappa shape index (κ2) is 6.24. The number of hydrogen-bond acceptors (Lipinski definition) is 3. The molecule has 0 unspecified atom stereocenters. The largest absolute Gasteiger partial charge is 0.409 e. The lowest BCUT2D eigenvalue weighted by Crippen LogP contribution is -2.36. The van der Waals surface area contributed by atoms with E-state index in [1.54, 1.807) is 0 Å². The Kier molecular flexibility index (Phi) is 5.25. The summed E-state index contributed by atoms with van der Waals surface area (Å²) in [6, 6.07) is 0. The number of nitrogens with zero attached hydrogens (tertiary/aromatic N) is 2. The van der Waals surface area contributed by atoms with Crippen molar-refractivity contribution in [3.8, 4) is 0 Å². The quantitative estimate of drug-likeness (QED) is 0.324. The summed E-state index contributed by atoms with van der Waals surface area (Å²) in [4.78, 5) is 2.38. The lowest BCUT2D eigenvalue weighted by Gasteiger charge is -2.27. The molecule has 0 radical (unpaired) electrons. The lowest BCUT2D eigenvalue weighted by molar-refractivity contribution is 0.247. The Morgan fingerprint density at radius 2 is 2.00 bits per heavy atom. The number of hydrogen-bond donors (Lipinski definition) is 2. The third-order valence-corrected chi connectivity index (χ3v) is 3.96. The molecule has 4 nitrogen and oxygen atoms in total. The molecule has 0 saturated heterocycles. The van der Waals surface area contributed by atoms with Gasteiger partial charge in [-0.15, -0.1) is 0 Å². The highest BCUT2D eigenvalue weighted by molar-refractivity contribution is 5.85. The minimum Gasteiger partial charge on any atom is -0.409 e. The van der Waals surface area contributed by atoms with Gasteiger partial charge >= 0.3 is 0 Å². The van der Waals surface area contributed by atoms with Gasteiger partial charge in [0.05, 0.1) is 0 Å². The van der Waals surface area contributed by atoms with Crippen molar-refractivity contribution >= 4 is 5.84 Å². The zero-order valence-corrected chi connectivity index (χ0v) is 11.4. The summed E-state index contributed by atoms with van der Waals surface area (Å²) < 4.78 is 0. The van der Waals surface area contributed by atoms with Crippen LogP contribution in [0.25, 0.3) is 0 Å². The highest BCUT2D eigenvalue weighted by Crippen LogP contribution is 2.26. The molecule has 0 aliphatic heterocycles. The first kappa shape index (κ1) is 14.3. The normalized spacial score (nSPS) is 19.2. The fourth-order valence-corrected chi connectivity index (χ4v) is 2.46. The molecule has 0 bridgehead atoms. The van der Waals surface area contributed by atoms with Crippen LogP contribution in [-0.2, 0) is 0 Å². The number of nitrogens with two attached hydrogens (primary N) is 1. The van der Waals surface area contributed by atoms with Gasteiger partial charge in [0.15, 0.2) is 0 Å². The Morgan fingerprint density at radius 1 is 1.41 bits per heavy atom. The summed E-state index contributed by atoms with van der Waals surface area (Å²) in [6.07, 6.45) is 6.48. The van der Waals surface area contributed by atoms with E-state index in [9.17, 15) is 0 Å². The third-order valence-electron chi connectivity index (χ3n) is 3.96. The smallest absolute Gasteiger partial charge is 0.144 e. The molecule has 0 amide bonds. The van der Waals surface area contributed by atoms with Gasteiger partial charge in [-0.05, 0) is 38.8 Å². The molecule has 0 atom stereocenters. The molecule has 0 aromatic rings. The van der Waals surface area contributed by atoms with Gasteiger partial charge in [0.1, 0.15) is 5.84 Å². The van der Waals surface area contributed by atoms with Crippen LogP contribution >= 0.6 is 0 Å². The number of amidine groups is 1. The minimum absolute atomic E-state index is 0.224. The molecule has 4 heteroatoms. The van der Waals surface area contributed by atoms with Crippen molar-refractivity contribution in [2.75, 3.05) is 20.1 Å². The molecule has 1 aliphatic carbocycles. The monoisotopic (exact) mass is 241 g/mol.